The number of ketones is 1. The number of fused-ring (bicyclic) bond motifs is 3. The van der Waals surface area contributed by atoms with Gasteiger partial charge in [0.2, 0.25) is 0 Å². The van der Waals surface area contributed by atoms with Crippen molar-refractivity contribution in [2.45, 2.75) is 62.6 Å². The Morgan fingerprint density at radius 2 is 1.43 bits per heavy atom. The van der Waals surface area contributed by atoms with E-state index < -0.39 is 57.6 Å². The number of rotatable bonds is 7. The van der Waals surface area contributed by atoms with E-state index >= 15 is 0 Å². The first-order valence-corrected chi connectivity index (χ1v) is 15.9. The van der Waals surface area contributed by atoms with Crippen LogP contribution in [0, 0.1) is 23.2 Å². The van der Waals surface area contributed by atoms with Gasteiger partial charge < -0.3 is 24.8 Å². The van der Waals surface area contributed by atoms with Crippen molar-refractivity contribution in [1.82, 2.24) is 0 Å². The molecule has 2 bridgehead atoms. The maximum absolute atomic E-state index is 13.8. The molecule has 46 heavy (non-hydrogen) atoms. The summed E-state index contributed by atoms with van der Waals surface area (Å²) in [5.74, 6) is -3.16. The minimum Gasteiger partial charge on any atom is -0.451 e. The molecule has 2 saturated carbocycles. The number of hydrogen-bond donors (Lipinski definition) is 3. The molecule has 7 rings (SSSR count). The SMILES string of the molecule is CC(=O)/C=C1\[C@]23OC(=O)[C@@]1(O)CC(COC(c1ccccc1)(c1ccccc1)c1ccccc1)=C[C@H]2[C@@H]1C(C)(C)[C@]1(O)[C@H](O)[C@H]3C. The van der Waals surface area contributed by atoms with E-state index in [1.165, 1.54) is 13.0 Å². The molecular formula is C39H40O7. The van der Waals surface area contributed by atoms with E-state index in [1.54, 1.807) is 6.92 Å². The minimum atomic E-state index is -2.15. The second kappa shape index (κ2) is 10.3. The molecule has 7 atom stereocenters. The Kier molecular flexibility index (Phi) is 6.89. The average molecular weight is 621 g/mol. The maximum Gasteiger partial charge on any atom is 0.343 e. The zero-order chi connectivity index (χ0) is 32.7. The first-order valence-electron chi connectivity index (χ1n) is 15.9. The summed E-state index contributed by atoms with van der Waals surface area (Å²) >= 11 is 0. The fourth-order valence-electron chi connectivity index (χ4n) is 9.11. The van der Waals surface area contributed by atoms with E-state index in [2.05, 4.69) is 0 Å². The van der Waals surface area contributed by atoms with Gasteiger partial charge in [0.15, 0.2) is 11.4 Å². The van der Waals surface area contributed by atoms with E-state index in [1.807, 2.05) is 111 Å². The molecule has 1 aliphatic heterocycles. The van der Waals surface area contributed by atoms with E-state index in [-0.39, 0.29) is 24.4 Å². The summed E-state index contributed by atoms with van der Waals surface area (Å²) < 4.78 is 13.2. The smallest absolute Gasteiger partial charge is 0.343 e. The van der Waals surface area contributed by atoms with Crippen molar-refractivity contribution in [3.8, 4) is 0 Å². The van der Waals surface area contributed by atoms with Crippen LogP contribution in [-0.4, -0.2) is 56.6 Å². The van der Waals surface area contributed by atoms with Crippen LogP contribution in [0.25, 0.3) is 0 Å². The van der Waals surface area contributed by atoms with Crippen molar-refractivity contribution in [2.24, 2.45) is 23.2 Å². The van der Waals surface area contributed by atoms with Crippen LogP contribution in [0.5, 0.6) is 0 Å². The molecule has 3 N–H and O–H groups in total. The first kappa shape index (κ1) is 30.8. The van der Waals surface area contributed by atoms with Crippen molar-refractivity contribution in [2.75, 3.05) is 6.61 Å². The number of allylic oxidation sites excluding steroid dienone is 1. The Morgan fingerprint density at radius 1 is 0.935 bits per heavy atom. The van der Waals surface area contributed by atoms with Gasteiger partial charge in [0, 0.05) is 35.2 Å². The highest BCUT2D eigenvalue weighted by atomic mass is 16.6. The molecule has 0 amide bonds. The zero-order valence-electron chi connectivity index (χ0n) is 26.5. The average Bonchev–Trinajstić information content (AvgIpc) is 3.46. The first-order chi connectivity index (χ1) is 21.8. The standard InChI is InChI=1S/C39H40O7/c1-24(40)20-31-36(43)22-26(21-30-32-35(3,4)39(32,44)33(41)25(2)37(30,31)46-34(36)42)23-45-38(27-14-8-5-9-15-27,28-16-10-6-11-17-28)29-18-12-7-13-19-29/h5-21,25,30,32-33,41,43-44H,22-23H2,1-4H3/b31-20-/t25-,30+,32-,33-,36-,37-,39-/m1/s1. The Bertz CT molecular complexity index is 1650. The zero-order valence-corrected chi connectivity index (χ0v) is 26.5. The number of ether oxygens (including phenoxy) is 2. The van der Waals surface area contributed by atoms with Crippen LogP contribution in [-0.2, 0) is 24.7 Å². The molecule has 7 heteroatoms. The highest BCUT2D eigenvalue weighted by Crippen LogP contribution is 2.76. The van der Waals surface area contributed by atoms with Crippen molar-refractivity contribution >= 4 is 11.8 Å². The second-order valence-corrected chi connectivity index (χ2v) is 14.1. The second-order valence-electron chi connectivity index (χ2n) is 14.1. The number of aliphatic hydroxyl groups excluding tert-OH is 1. The number of benzene rings is 3. The third kappa shape index (κ3) is 3.92. The van der Waals surface area contributed by atoms with Gasteiger partial charge in [-0.05, 0) is 35.3 Å². The number of carbonyl (C=O) groups excluding carboxylic acids is 2. The molecule has 4 aliphatic rings. The van der Waals surface area contributed by atoms with Crippen LogP contribution in [0.2, 0.25) is 0 Å². The number of hydrogen-bond acceptors (Lipinski definition) is 7. The van der Waals surface area contributed by atoms with Crippen molar-refractivity contribution in [1.29, 1.82) is 0 Å². The van der Waals surface area contributed by atoms with Gasteiger partial charge in [-0.25, -0.2) is 4.79 Å². The third-order valence-electron chi connectivity index (χ3n) is 11.4. The third-order valence-corrected chi connectivity index (χ3v) is 11.4. The summed E-state index contributed by atoms with van der Waals surface area (Å²) in [7, 11) is 0. The van der Waals surface area contributed by atoms with Crippen LogP contribution >= 0.6 is 0 Å². The van der Waals surface area contributed by atoms with Gasteiger partial charge in [-0.15, -0.1) is 0 Å². The lowest BCUT2D eigenvalue weighted by Crippen LogP contribution is -2.59. The molecule has 1 saturated heterocycles. The summed E-state index contributed by atoms with van der Waals surface area (Å²) in [6, 6.07) is 29.8. The number of carbonyl (C=O) groups is 2. The molecule has 3 fully saturated rings. The fourth-order valence-corrected chi connectivity index (χ4v) is 9.11. The summed E-state index contributed by atoms with van der Waals surface area (Å²) in [6.45, 7) is 6.89. The number of esters is 1. The van der Waals surface area contributed by atoms with Gasteiger partial charge in [0.25, 0.3) is 0 Å². The molecular weight excluding hydrogens is 580 g/mol. The highest BCUT2D eigenvalue weighted by molar-refractivity contribution is 5.96. The largest absolute Gasteiger partial charge is 0.451 e. The summed E-state index contributed by atoms with van der Waals surface area (Å²) in [5.41, 5.74) is -3.38. The monoisotopic (exact) mass is 620 g/mol. The van der Waals surface area contributed by atoms with Crippen molar-refractivity contribution in [3.63, 3.8) is 0 Å². The van der Waals surface area contributed by atoms with Crippen molar-refractivity contribution in [3.05, 3.63) is 131 Å². The Balaban J connectivity index is 1.40. The predicted molar refractivity (Wildman–Crippen MR) is 171 cm³/mol. The molecule has 0 aromatic heterocycles. The van der Waals surface area contributed by atoms with Crippen LogP contribution in [0.1, 0.15) is 50.8 Å². The van der Waals surface area contributed by atoms with Crippen LogP contribution in [0.3, 0.4) is 0 Å². The Hall–Kier alpha value is -3.88. The Labute approximate surface area is 269 Å². The topological polar surface area (TPSA) is 113 Å². The molecule has 7 nitrogen and oxygen atoms in total. The van der Waals surface area contributed by atoms with E-state index in [9.17, 15) is 24.9 Å². The van der Waals surface area contributed by atoms with Gasteiger partial charge in [0.05, 0.1) is 12.7 Å². The quantitative estimate of drug-likeness (QED) is 0.149. The molecule has 1 spiro atoms. The lowest BCUT2D eigenvalue weighted by Gasteiger charge is -2.48. The number of aliphatic hydroxyl groups is 3. The van der Waals surface area contributed by atoms with Gasteiger partial charge in [-0.3, -0.25) is 4.79 Å². The van der Waals surface area contributed by atoms with Crippen LogP contribution < -0.4 is 0 Å². The van der Waals surface area contributed by atoms with Gasteiger partial charge in [0.1, 0.15) is 16.8 Å². The molecule has 3 aromatic rings. The van der Waals surface area contributed by atoms with E-state index in [4.69, 9.17) is 9.47 Å². The van der Waals surface area contributed by atoms with Gasteiger partial charge in [-0.1, -0.05) is 118 Å². The molecule has 3 aliphatic carbocycles. The van der Waals surface area contributed by atoms with Crippen molar-refractivity contribution < 1.29 is 34.4 Å². The lowest BCUT2D eigenvalue weighted by molar-refractivity contribution is -0.184. The van der Waals surface area contributed by atoms with Crippen LogP contribution in [0.4, 0.5) is 0 Å². The molecule has 0 radical (unpaired) electrons. The Morgan fingerprint density at radius 3 is 1.91 bits per heavy atom. The van der Waals surface area contributed by atoms with Gasteiger partial charge in [-0.2, -0.15) is 0 Å². The fraction of sp³-hybridized carbons (Fsp3) is 0.385. The van der Waals surface area contributed by atoms with Crippen LogP contribution in [0.15, 0.2) is 114 Å². The molecule has 238 valence electrons. The normalized spacial score (nSPS) is 35.0. The van der Waals surface area contributed by atoms with E-state index in [0.717, 1.165) is 16.7 Å². The summed E-state index contributed by atoms with van der Waals surface area (Å²) in [6.07, 6.45) is 1.85. The summed E-state index contributed by atoms with van der Waals surface area (Å²) in [4.78, 5) is 26.4. The molecule has 0 unspecified atom stereocenters. The minimum absolute atomic E-state index is 0.0245. The predicted octanol–water partition coefficient (Wildman–Crippen LogP) is 4.88. The molecule has 3 aromatic carbocycles. The maximum atomic E-state index is 13.8. The molecule has 1 heterocycles. The van der Waals surface area contributed by atoms with Gasteiger partial charge >= 0.3 is 5.97 Å². The highest BCUT2D eigenvalue weighted by Gasteiger charge is 2.86. The lowest BCUT2D eigenvalue weighted by atomic mass is 9.62. The van der Waals surface area contributed by atoms with E-state index in [0.29, 0.717) is 5.57 Å². The summed E-state index contributed by atoms with van der Waals surface area (Å²) in [5, 5.41) is 35.6.